The molecule has 1 aromatic heterocycles. The zero-order valence-electron chi connectivity index (χ0n) is 11.0. The van der Waals surface area contributed by atoms with Crippen molar-refractivity contribution >= 4 is 0 Å². The molecule has 0 N–H and O–H groups in total. The molecule has 1 aliphatic rings. The second kappa shape index (κ2) is 6.04. The van der Waals surface area contributed by atoms with Crippen LogP contribution in [-0.2, 0) is 19.4 Å². The Morgan fingerprint density at radius 1 is 1.47 bits per heavy atom. The Morgan fingerprint density at radius 2 is 2.24 bits per heavy atom. The molecule has 1 heterocycles. The highest BCUT2D eigenvalue weighted by atomic mass is 15.3. The van der Waals surface area contributed by atoms with E-state index >= 15 is 0 Å². The van der Waals surface area contributed by atoms with Crippen molar-refractivity contribution < 1.29 is 0 Å². The van der Waals surface area contributed by atoms with Crippen LogP contribution >= 0.6 is 0 Å². The normalized spacial score (nSPS) is 16.5. The van der Waals surface area contributed by atoms with Crippen LogP contribution in [0.1, 0.15) is 50.3 Å². The summed E-state index contributed by atoms with van der Waals surface area (Å²) in [5, 5.41) is 4.75. The van der Waals surface area contributed by atoms with Gasteiger partial charge in [0.25, 0.3) is 0 Å². The van der Waals surface area contributed by atoms with Gasteiger partial charge in [0.05, 0.1) is 5.69 Å². The number of rotatable bonds is 6. The predicted octanol–water partition coefficient (Wildman–Crippen LogP) is 3.75. The monoisotopic (exact) mass is 232 g/mol. The highest BCUT2D eigenvalue weighted by molar-refractivity contribution is 5.19. The molecule has 0 unspecified atom stereocenters. The summed E-state index contributed by atoms with van der Waals surface area (Å²) in [5.74, 6) is 0.862. The van der Waals surface area contributed by atoms with Crippen molar-refractivity contribution in [2.24, 2.45) is 5.92 Å². The molecule has 0 amide bonds. The van der Waals surface area contributed by atoms with Crippen LogP contribution in [0.4, 0.5) is 0 Å². The highest BCUT2D eigenvalue weighted by Crippen LogP contribution is 2.26. The van der Waals surface area contributed by atoms with Crippen LogP contribution in [0, 0.1) is 5.92 Å². The van der Waals surface area contributed by atoms with E-state index in [1.807, 2.05) is 6.08 Å². The van der Waals surface area contributed by atoms with Crippen LogP contribution in [0.15, 0.2) is 18.9 Å². The Hall–Kier alpha value is -1.05. The summed E-state index contributed by atoms with van der Waals surface area (Å²) in [6.45, 7) is 7.17. The molecular formula is C15H24N2. The average molecular weight is 232 g/mol. The van der Waals surface area contributed by atoms with Crippen molar-refractivity contribution in [2.75, 3.05) is 0 Å². The summed E-state index contributed by atoms with van der Waals surface area (Å²) in [5.41, 5.74) is 2.66. The molecular weight excluding hydrogens is 208 g/mol. The molecule has 2 rings (SSSR count). The van der Waals surface area contributed by atoms with Gasteiger partial charge in [-0.15, -0.1) is 6.58 Å². The van der Waals surface area contributed by atoms with Gasteiger partial charge < -0.3 is 0 Å². The zero-order valence-corrected chi connectivity index (χ0v) is 11.0. The molecule has 0 saturated heterocycles. The van der Waals surface area contributed by atoms with Crippen LogP contribution < -0.4 is 0 Å². The van der Waals surface area contributed by atoms with E-state index in [1.54, 1.807) is 0 Å². The predicted molar refractivity (Wildman–Crippen MR) is 72.1 cm³/mol. The highest BCUT2D eigenvalue weighted by Gasteiger charge is 2.16. The fourth-order valence-corrected chi connectivity index (χ4v) is 2.83. The maximum Gasteiger partial charge on any atom is 0.0659 e. The second-order valence-electron chi connectivity index (χ2n) is 5.22. The molecule has 1 saturated carbocycles. The summed E-state index contributed by atoms with van der Waals surface area (Å²) < 4.78 is 2.18. The molecule has 2 heteroatoms. The topological polar surface area (TPSA) is 17.8 Å². The molecule has 17 heavy (non-hydrogen) atoms. The molecule has 94 valence electrons. The molecule has 1 aliphatic carbocycles. The van der Waals surface area contributed by atoms with Crippen LogP contribution in [0.25, 0.3) is 0 Å². The third-order valence-corrected chi connectivity index (χ3v) is 3.70. The van der Waals surface area contributed by atoms with Gasteiger partial charge in [0.1, 0.15) is 0 Å². The van der Waals surface area contributed by atoms with E-state index < -0.39 is 0 Å². The Morgan fingerprint density at radius 3 is 2.88 bits per heavy atom. The Kier molecular flexibility index (Phi) is 4.41. The molecule has 0 aromatic carbocycles. The van der Waals surface area contributed by atoms with E-state index in [4.69, 9.17) is 5.10 Å². The number of allylic oxidation sites excluding steroid dienone is 1. The van der Waals surface area contributed by atoms with Crippen LogP contribution in [-0.4, -0.2) is 9.78 Å². The molecule has 1 aromatic rings. The molecule has 0 bridgehead atoms. The summed E-state index contributed by atoms with van der Waals surface area (Å²) in [6, 6.07) is 0. The molecule has 0 radical (unpaired) electrons. The summed E-state index contributed by atoms with van der Waals surface area (Å²) in [7, 11) is 0. The van der Waals surface area contributed by atoms with Gasteiger partial charge in [0.2, 0.25) is 0 Å². The van der Waals surface area contributed by atoms with E-state index in [0.717, 1.165) is 25.3 Å². The first-order valence-electron chi connectivity index (χ1n) is 6.99. The average Bonchev–Trinajstić information content (AvgIpc) is 2.91. The Labute approximate surface area is 105 Å². The minimum absolute atomic E-state index is 0.862. The van der Waals surface area contributed by atoms with E-state index in [9.17, 15) is 0 Å². The van der Waals surface area contributed by atoms with Gasteiger partial charge >= 0.3 is 0 Å². The lowest BCUT2D eigenvalue weighted by Crippen LogP contribution is -2.08. The molecule has 2 nitrogen and oxygen atoms in total. The van der Waals surface area contributed by atoms with E-state index in [-0.39, 0.29) is 0 Å². The van der Waals surface area contributed by atoms with E-state index in [1.165, 1.54) is 43.4 Å². The third kappa shape index (κ3) is 3.21. The maximum atomic E-state index is 4.75. The molecule has 0 aliphatic heterocycles. The van der Waals surface area contributed by atoms with Crippen molar-refractivity contribution in [1.82, 2.24) is 9.78 Å². The number of aromatic nitrogens is 2. The van der Waals surface area contributed by atoms with Gasteiger partial charge in [-0.2, -0.15) is 5.10 Å². The van der Waals surface area contributed by atoms with Crippen LogP contribution in [0.3, 0.4) is 0 Å². The largest absolute Gasteiger partial charge is 0.272 e. The minimum atomic E-state index is 0.862. The van der Waals surface area contributed by atoms with Gasteiger partial charge in [-0.3, -0.25) is 4.68 Å². The smallest absolute Gasteiger partial charge is 0.0659 e. The summed E-state index contributed by atoms with van der Waals surface area (Å²) >= 11 is 0. The van der Waals surface area contributed by atoms with E-state index in [0.29, 0.717) is 0 Å². The maximum absolute atomic E-state index is 4.75. The second-order valence-corrected chi connectivity index (χ2v) is 5.22. The lowest BCUT2D eigenvalue weighted by atomic mass is 10.1. The lowest BCUT2D eigenvalue weighted by Gasteiger charge is -2.08. The third-order valence-electron chi connectivity index (χ3n) is 3.70. The lowest BCUT2D eigenvalue weighted by molar-refractivity contribution is 0.426. The van der Waals surface area contributed by atoms with Crippen molar-refractivity contribution in [1.29, 1.82) is 0 Å². The number of hydrogen-bond acceptors (Lipinski definition) is 1. The van der Waals surface area contributed by atoms with Crippen molar-refractivity contribution in [3.63, 3.8) is 0 Å². The first kappa shape index (κ1) is 12.4. The fraction of sp³-hybridized carbons (Fsp3) is 0.667. The van der Waals surface area contributed by atoms with Crippen molar-refractivity contribution in [3.05, 3.63) is 30.1 Å². The van der Waals surface area contributed by atoms with Gasteiger partial charge in [-0.25, -0.2) is 0 Å². The zero-order chi connectivity index (χ0) is 12.1. The molecule has 0 spiro atoms. The standard InChI is InChI=1S/C15H24N2/c1-3-7-14-12-17(16-15(14)8-4-2)11-13-9-5-6-10-13/h3,12-13H,1,4-11H2,2H3. The Balaban J connectivity index is 2.05. The number of nitrogens with zero attached hydrogens (tertiary/aromatic N) is 2. The minimum Gasteiger partial charge on any atom is -0.272 e. The van der Waals surface area contributed by atoms with Gasteiger partial charge in [0, 0.05) is 12.7 Å². The summed E-state index contributed by atoms with van der Waals surface area (Å²) in [4.78, 5) is 0. The molecule has 0 atom stereocenters. The van der Waals surface area contributed by atoms with Crippen molar-refractivity contribution in [2.45, 2.75) is 58.4 Å². The number of aryl methyl sites for hydroxylation is 1. The van der Waals surface area contributed by atoms with Gasteiger partial charge in [-0.05, 0) is 37.2 Å². The fourth-order valence-electron chi connectivity index (χ4n) is 2.83. The van der Waals surface area contributed by atoms with Gasteiger partial charge in [0.15, 0.2) is 0 Å². The first-order valence-corrected chi connectivity index (χ1v) is 6.99. The SMILES string of the molecule is C=CCc1cn(CC2CCCC2)nc1CCC. The van der Waals surface area contributed by atoms with E-state index in [2.05, 4.69) is 24.4 Å². The van der Waals surface area contributed by atoms with Gasteiger partial charge in [-0.1, -0.05) is 32.3 Å². The Bertz CT molecular complexity index is 359. The molecule has 1 fully saturated rings. The van der Waals surface area contributed by atoms with Crippen LogP contribution in [0.5, 0.6) is 0 Å². The summed E-state index contributed by atoms with van der Waals surface area (Å²) in [6.07, 6.45) is 13.0. The quantitative estimate of drug-likeness (QED) is 0.683. The van der Waals surface area contributed by atoms with Crippen LogP contribution in [0.2, 0.25) is 0 Å². The number of hydrogen-bond donors (Lipinski definition) is 0. The van der Waals surface area contributed by atoms with Crippen molar-refractivity contribution in [3.8, 4) is 0 Å². The first-order chi connectivity index (χ1) is 8.33.